The minimum atomic E-state index is -1.38. The van der Waals surface area contributed by atoms with Gasteiger partial charge in [-0.1, -0.05) is 0 Å². The Hall–Kier alpha value is -0.460. The average Bonchev–Trinajstić information content (AvgIpc) is 1.88. The third kappa shape index (κ3) is 18.5. The van der Waals surface area contributed by atoms with Crippen LogP contribution in [0.5, 0.6) is 0 Å². The summed E-state index contributed by atoms with van der Waals surface area (Å²) in [6.07, 6.45) is 0. The van der Waals surface area contributed by atoms with Crippen molar-refractivity contribution in [3.63, 3.8) is 0 Å². The van der Waals surface area contributed by atoms with Crippen LogP contribution in [0.25, 0.3) is 0 Å². The van der Waals surface area contributed by atoms with Gasteiger partial charge in [0.05, 0.1) is 0 Å². The topological polar surface area (TPSA) is 109 Å². The SMILES string of the molecule is CC(=O)C(=O)O.CC(=O)C(=O)O.[Ca]. The van der Waals surface area contributed by atoms with Gasteiger partial charge in [-0.05, 0) is 0 Å². The van der Waals surface area contributed by atoms with Gasteiger partial charge >= 0.3 is 11.9 Å². The number of Topliss-reactive ketones (excluding diaryl/α,β-unsaturated/α-hetero) is 2. The van der Waals surface area contributed by atoms with Gasteiger partial charge in [-0.3, -0.25) is 9.59 Å². The van der Waals surface area contributed by atoms with E-state index in [9.17, 15) is 19.2 Å². The molecule has 0 saturated carbocycles. The third-order valence-electron chi connectivity index (χ3n) is 0.602. The Morgan fingerprint density at radius 1 is 0.769 bits per heavy atom. The smallest absolute Gasteiger partial charge is 0.371 e. The van der Waals surface area contributed by atoms with E-state index >= 15 is 0 Å². The standard InChI is InChI=1S/2C3H4O3.Ca/c2*1-2(4)3(5)6;/h2*1H3,(H,5,6);. The molecule has 0 aliphatic carbocycles. The van der Waals surface area contributed by atoms with E-state index in [1.165, 1.54) is 0 Å². The number of hydrogen-bond donors (Lipinski definition) is 2. The van der Waals surface area contributed by atoms with Crippen LogP contribution < -0.4 is 0 Å². The van der Waals surface area contributed by atoms with Crippen molar-refractivity contribution in [3.05, 3.63) is 0 Å². The number of hydrogen-bond acceptors (Lipinski definition) is 4. The zero-order valence-corrected chi connectivity index (χ0v) is 9.44. The normalized spacial score (nSPS) is 6.92. The maximum atomic E-state index is 9.54. The van der Waals surface area contributed by atoms with Crippen LogP contribution in [0.15, 0.2) is 0 Å². The van der Waals surface area contributed by atoms with Crippen LogP contribution in [0, 0.1) is 0 Å². The molecule has 6 nitrogen and oxygen atoms in total. The number of aliphatic carboxylic acids is 2. The second-order valence-electron chi connectivity index (χ2n) is 1.72. The first-order chi connectivity index (χ1) is 5.29. The summed E-state index contributed by atoms with van der Waals surface area (Å²) in [5, 5.41) is 15.3. The molecule has 0 aromatic carbocycles. The van der Waals surface area contributed by atoms with Gasteiger partial charge in [0.1, 0.15) is 0 Å². The van der Waals surface area contributed by atoms with Gasteiger partial charge < -0.3 is 10.2 Å². The fraction of sp³-hybridized carbons (Fsp3) is 0.333. The van der Waals surface area contributed by atoms with Crippen molar-refractivity contribution in [2.75, 3.05) is 0 Å². The Kier molecular flexibility index (Phi) is 13.6. The van der Waals surface area contributed by atoms with Gasteiger partial charge in [0.25, 0.3) is 0 Å². The van der Waals surface area contributed by atoms with E-state index in [4.69, 9.17) is 10.2 Å². The molecule has 70 valence electrons. The Morgan fingerprint density at radius 3 is 0.846 bits per heavy atom. The van der Waals surface area contributed by atoms with Crippen LogP contribution in [0.3, 0.4) is 0 Å². The second-order valence-corrected chi connectivity index (χ2v) is 1.72. The maximum absolute atomic E-state index is 9.54. The van der Waals surface area contributed by atoms with Crippen LogP contribution in [0.4, 0.5) is 0 Å². The quantitative estimate of drug-likeness (QED) is 0.450. The second kappa shape index (κ2) is 9.63. The summed E-state index contributed by atoms with van der Waals surface area (Å²) in [5.41, 5.74) is 0. The third-order valence-corrected chi connectivity index (χ3v) is 0.602. The summed E-state index contributed by atoms with van der Waals surface area (Å²) in [5.74, 6) is -4.41. The molecule has 2 radical (unpaired) electrons. The predicted octanol–water partition coefficient (Wildman–Crippen LogP) is -1.06. The van der Waals surface area contributed by atoms with Crippen LogP contribution in [0.1, 0.15) is 13.8 Å². The van der Waals surface area contributed by atoms with Crippen molar-refractivity contribution in [2.45, 2.75) is 13.8 Å². The maximum Gasteiger partial charge on any atom is 0.371 e. The van der Waals surface area contributed by atoms with Gasteiger partial charge in [0.15, 0.2) is 0 Å². The van der Waals surface area contributed by atoms with Gasteiger partial charge in [0, 0.05) is 51.6 Å². The van der Waals surface area contributed by atoms with Crippen molar-refractivity contribution < 1.29 is 29.4 Å². The summed E-state index contributed by atoms with van der Waals surface area (Å²) in [4.78, 5) is 37.8. The average molecular weight is 216 g/mol. The first kappa shape index (κ1) is 18.3. The van der Waals surface area contributed by atoms with E-state index < -0.39 is 23.5 Å². The molecule has 0 aliphatic rings. The number of carboxylic acid groups (broad SMARTS) is 2. The minimum absolute atomic E-state index is 0. The Bertz CT molecular complexity index is 173. The van der Waals surface area contributed by atoms with Crippen molar-refractivity contribution in [1.82, 2.24) is 0 Å². The molecule has 13 heavy (non-hydrogen) atoms. The van der Waals surface area contributed by atoms with Crippen LogP contribution >= 0.6 is 0 Å². The van der Waals surface area contributed by atoms with Gasteiger partial charge in [-0.25, -0.2) is 9.59 Å². The molecule has 0 bridgehead atoms. The first-order valence-electron chi connectivity index (χ1n) is 2.76. The summed E-state index contributed by atoms with van der Waals surface area (Å²) < 4.78 is 0. The van der Waals surface area contributed by atoms with E-state index in [-0.39, 0.29) is 37.7 Å². The number of carbonyl (C=O) groups is 4. The zero-order valence-electron chi connectivity index (χ0n) is 7.23. The van der Waals surface area contributed by atoms with Crippen molar-refractivity contribution in [1.29, 1.82) is 0 Å². The number of ketones is 2. The molecule has 0 aliphatic heterocycles. The first-order valence-corrected chi connectivity index (χ1v) is 2.76. The summed E-state index contributed by atoms with van der Waals surface area (Å²) >= 11 is 0. The Morgan fingerprint density at radius 2 is 0.846 bits per heavy atom. The largest absolute Gasteiger partial charge is 0.476 e. The fourth-order valence-electron chi connectivity index (χ4n) is 0. The molecular formula is C6H8CaO6. The van der Waals surface area contributed by atoms with Gasteiger partial charge in [-0.15, -0.1) is 0 Å². The number of carboxylic acids is 2. The molecule has 0 aromatic rings. The molecule has 0 aromatic heterocycles. The monoisotopic (exact) mass is 216 g/mol. The molecule has 2 N–H and O–H groups in total. The molecule has 0 heterocycles. The zero-order chi connectivity index (χ0) is 10.3. The molecule has 0 amide bonds. The number of carbonyl (C=O) groups excluding carboxylic acids is 2. The Balaban J connectivity index is -0.000000143. The van der Waals surface area contributed by atoms with Gasteiger partial charge in [0.2, 0.25) is 11.6 Å². The Labute approximate surface area is 104 Å². The molecule has 0 unspecified atom stereocenters. The molecule has 0 fully saturated rings. The summed E-state index contributed by atoms with van der Waals surface area (Å²) in [7, 11) is 0. The fourth-order valence-corrected chi connectivity index (χ4v) is 0. The predicted molar refractivity (Wildman–Crippen MR) is 42.4 cm³/mol. The van der Waals surface area contributed by atoms with Gasteiger partial charge in [-0.2, -0.15) is 0 Å². The molecular weight excluding hydrogens is 208 g/mol. The number of rotatable bonds is 2. The molecule has 0 saturated heterocycles. The van der Waals surface area contributed by atoms with E-state index in [2.05, 4.69) is 0 Å². The molecule has 0 rings (SSSR count). The van der Waals surface area contributed by atoms with E-state index in [0.29, 0.717) is 0 Å². The van der Waals surface area contributed by atoms with Crippen molar-refractivity contribution in [2.24, 2.45) is 0 Å². The minimum Gasteiger partial charge on any atom is -0.476 e. The summed E-state index contributed by atoms with van der Waals surface area (Å²) in [6.45, 7) is 2.00. The van der Waals surface area contributed by atoms with Crippen LogP contribution in [0.2, 0.25) is 0 Å². The van der Waals surface area contributed by atoms with E-state index in [1.54, 1.807) is 0 Å². The molecule has 7 heteroatoms. The van der Waals surface area contributed by atoms with Crippen molar-refractivity contribution >= 4 is 61.2 Å². The van der Waals surface area contributed by atoms with E-state index in [0.717, 1.165) is 13.8 Å². The van der Waals surface area contributed by atoms with Crippen LogP contribution in [-0.2, 0) is 19.2 Å². The van der Waals surface area contributed by atoms with E-state index in [1.807, 2.05) is 0 Å². The molecule has 0 atom stereocenters. The molecule has 0 spiro atoms. The summed E-state index contributed by atoms with van der Waals surface area (Å²) in [6, 6.07) is 0. The van der Waals surface area contributed by atoms with Crippen molar-refractivity contribution in [3.8, 4) is 0 Å². The van der Waals surface area contributed by atoms with Crippen LogP contribution in [-0.4, -0.2) is 71.5 Å².